The van der Waals surface area contributed by atoms with Crippen molar-refractivity contribution in [2.24, 2.45) is 5.73 Å². The highest BCUT2D eigenvalue weighted by atomic mass is 19.1. The van der Waals surface area contributed by atoms with Gasteiger partial charge in [0.2, 0.25) is 0 Å². The van der Waals surface area contributed by atoms with Gasteiger partial charge in [0, 0.05) is 25.0 Å². The van der Waals surface area contributed by atoms with Gasteiger partial charge in [0.15, 0.2) is 0 Å². The molecule has 0 bridgehead atoms. The van der Waals surface area contributed by atoms with Crippen molar-refractivity contribution in [1.29, 1.82) is 0 Å². The molecule has 2 N–H and O–H groups in total. The second-order valence-electron chi connectivity index (χ2n) is 5.05. The van der Waals surface area contributed by atoms with E-state index >= 15 is 0 Å². The number of halogens is 1. The van der Waals surface area contributed by atoms with Gasteiger partial charge in [-0.25, -0.2) is 4.39 Å². The van der Waals surface area contributed by atoms with E-state index in [1.54, 1.807) is 12.3 Å². The van der Waals surface area contributed by atoms with Crippen LogP contribution in [0.3, 0.4) is 0 Å². The van der Waals surface area contributed by atoms with Crippen LogP contribution < -0.4 is 5.73 Å². The monoisotopic (exact) mass is 273 g/mol. The molecule has 0 saturated heterocycles. The summed E-state index contributed by atoms with van der Waals surface area (Å²) in [5, 5.41) is 0. The molecule has 0 fully saturated rings. The second-order valence-corrected chi connectivity index (χ2v) is 5.05. The van der Waals surface area contributed by atoms with E-state index in [-0.39, 0.29) is 11.9 Å². The largest absolute Gasteiger partial charge is 0.324 e. The van der Waals surface area contributed by atoms with Gasteiger partial charge in [-0.05, 0) is 49.3 Å². The Hall–Kier alpha value is -1.78. The molecule has 4 heteroatoms. The molecule has 1 aromatic heterocycles. The van der Waals surface area contributed by atoms with E-state index in [9.17, 15) is 4.39 Å². The molecule has 2 aromatic rings. The van der Waals surface area contributed by atoms with Crippen molar-refractivity contribution < 1.29 is 4.39 Å². The highest BCUT2D eigenvalue weighted by Crippen LogP contribution is 2.15. The maximum atomic E-state index is 13.1. The van der Waals surface area contributed by atoms with Crippen LogP contribution in [0, 0.1) is 5.82 Å². The first-order valence-electron chi connectivity index (χ1n) is 6.73. The van der Waals surface area contributed by atoms with Crippen molar-refractivity contribution in [1.82, 2.24) is 9.88 Å². The smallest absolute Gasteiger partial charge is 0.123 e. The first-order valence-corrected chi connectivity index (χ1v) is 6.73. The Bertz CT molecular complexity index is 530. The van der Waals surface area contributed by atoms with Crippen LogP contribution in [0.2, 0.25) is 0 Å². The van der Waals surface area contributed by atoms with Gasteiger partial charge in [0.1, 0.15) is 5.82 Å². The first-order chi connectivity index (χ1) is 9.65. The lowest BCUT2D eigenvalue weighted by atomic mass is 10.0. The number of nitrogens with zero attached hydrogens (tertiary/aromatic N) is 2. The van der Waals surface area contributed by atoms with E-state index in [2.05, 4.69) is 16.0 Å². The standard InChI is InChI=1S/C16H20FN3/c1-20(12-13-4-3-8-19-11-13)9-7-16(18)14-5-2-6-15(17)10-14/h2-6,8,10-11,16H,7,9,12,18H2,1H3. The van der Waals surface area contributed by atoms with Crippen LogP contribution in [-0.4, -0.2) is 23.5 Å². The highest BCUT2D eigenvalue weighted by molar-refractivity contribution is 5.19. The number of pyridine rings is 1. The number of benzene rings is 1. The third-order valence-electron chi connectivity index (χ3n) is 3.27. The van der Waals surface area contributed by atoms with E-state index in [1.807, 2.05) is 25.4 Å². The molecule has 106 valence electrons. The molecule has 0 amide bonds. The summed E-state index contributed by atoms with van der Waals surface area (Å²) in [7, 11) is 2.05. The minimum Gasteiger partial charge on any atom is -0.324 e. The van der Waals surface area contributed by atoms with Crippen molar-refractivity contribution in [3.05, 3.63) is 65.7 Å². The van der Waals surface area contributed by atoms with E-state index in [4.69, 9.17) is 5.73 Å². The SMILES string of the molecule is CN(CCC(N)c1cccc(F)c1)Cc1cccnc1. The third kappa shape index (κ3) is 4.40. The van der Waals surface area contributed by atoms with Gasteiger partial charge in [-0.2, -0.15) is 0 Å². The third-order valence-corrected chi connectivity index (χ3v) is 3.27. The van der Waals surface area contributed by atoms with Crippen LogP contribution in [0.5, 0.6) is 0 Å². The van der Waals surface area contributed by atoms with Gasteiger partial charge in [0.25, 0.3) is 0 Å². The second kappa shape index (κ2) is 7.12. The number of aromatic nitrogens is 1. The van der Waals surface area contributed by atoms with E-state index in [1.165, 1.54) is 17.7 Å². The van der Waals surface area contributed by atoms with E-state index < -0.39 is 0 Å². The molecule has 1 unspecified atom stereocenters. The van der Waals surface area contributed by atoms with Crippen LogP contribution in [0.1, 0.15) is 23.6 Å². The molecule has 2 rings (SSSR count). The van der Waals surface area contributed by atoms with Crippen molar-refractivity contribution >= 4 is 0 Å². The van der Waals surface area contributed by atoms with Crippen molar-refractivity contribution in [2.45, 2.75) is 19.0 Å². The normalized spacial score (nSPS) is 12.6. The summed E-state index contributed by atoms with van der Waals surface area (Å²) >= 11 is 0. The molecule has 20 heavy (non-hydrogen) atoms. The summed E-state index contributed by atoms with van der Waals surface area (Å²) in [4.78, 5) is 6.29. The van der Waals surface area contributed by atoms with Crippen molar-refractivity contribution in [3.8, 4) is 0 Å². The lowest BCUT2D eigenvalue weighted by molar-refractivity contribution is 0.311. The Morgan fingerprint density at radius 2 is 2.15 bits per heavy atom. The minimum absolute atomic E-state index is 0.137. The maximum absolute atomic E-state index is 13.1. The zero-order valence-electron chi connectivity index (χ0n) is 11.7. The average molecular weight is 273 g/mol. The zero-order valence-corrected chi connectivity index (χ0v) is 11.7. The van der Waals surface area contributed by atoms with Gasteiger partial charge >= 0.3 is 0 Å². The molecular weight excluding hydrogens is 253 g/mol. The summed E-state index contributed by atoms with van der Waals surface area (Å²) in [6.45, 7) is 1.69. The number of hydrogen-bond donors (Lipinski definition) is 1. The highest BCUT2D eigenvalue weighted by Gasteiger charge is 2.08. The Morgan fingerprint density at radius 3 is 2.85 bits per heavy atom. The lowest BCUT2D eigenvalue weighted by Gasteiger charge is -2.19. The van der Waals surface area contributed by atoms with Gasteiger partial charge in [-0.1, -0.05) is 18.2 Å². The summed E-state index contributed by atoms with van der Waals surface area (Å²) < 4.78 is 13.1. The predicted octanol–water partition coefficient (Wildman–Crippen LogP) is 2.74. The Kier molecular flexibility index (Phi) is 5.21. The molecule has 0 aliphatic carbocycles. The molecule has 1 aromatic carbocycles. The molecule has 1 heterocycles. The van der Waals surface area contributed by atoms with E-state index in [0.29, 0.717) is 0 Å². The van der Waals surface area contributed by atoms with Crippen LogP contribution >= 0.6 is 0 Å². The molecule has 0 radical (unpaired) electrons. The molecule has 0 saturated carbocycles. The molecule has 0 aliphatic heterocycles. The fourth-order valence-corrected chi connectivity index (χ4v) is 2.15. The Morgan fingerprint density at radius 1 is 1.30 bits per heavy atom. The van der Waals surface area contributed by atoms with Gasteiger partial charge in [-0.3, -0.25) is 4.98 Å². The van der Waals surface area contributed by atoms with Crippen LogP contribution in [0.15, 0.2) is 48.8 Å². The van der Waals surface area contributed by atoms with Gasteiger partial charge in [0.05, 0.1) is 0 Å². The Labute approximate surface area is 119 Å². The summed E-state index contributed by atoms with van der Waals surface area (Å²) in [5.41, 5.74) is 8.12. The maximum Gasteiger partial charge on any atom is 0.123 e. The average Bonchev–Trinajstić information content (AvgIpc) is 2.46. The number of hydrogen-bond acceptors (Lipinski definition) is 3. The zero-order chi connectivity index (χ0) is 14.4. The van der Waals surface area contributed by atoms with Crippen LogP contribution in [0.4, 0.5) is 4.39 Å². The predicted molar refractivity (Wildman–Crippen MR) is 78.5 cm³/mol. The Balaban J connectivity index is 1.82. The molecule has 0 spiro atoms. The van der Waals surface area contributed by atoms with Gasteiger partial charge < -0.3 is 10.6 Å². The fourth-order valence-electron chi connectivity index (χ4n) is 2.15. The van der Waals surface area contributed by atoms with E-state index in [0.717, 1.165) is 25.1 Å². The summed E-state index contributed by atoms with van der Waals surface area (Å²) in [6, 6.07) is 10.4. The molecule has 0 aliphatic rings. The number of nitrogens with two attached hydrogens (primary N) is 1. The first kappa shape index (κ1) is 14.6. The molecule has 1 atom stereocenters. The van der Waals surface area contributed by atoms with Crippen LogP contribution in [0.25, 0.3) is 0 Å². The fraction of sp³-hybridized carbons (Fsp3) is 0.312. The van der Waals surface area contributed by atoms with Crippen molar-refractivity contribution in [3.63, 3.8) is 0 Å². The van der Waals surface area contributed by atoms with Crippen molar-refractivity contribution in [2.75, 3.05) is 13.6 Å². The minimum atomic E-state index is -0.235. The molecule has 3 nitrogen and oxygen atoms in total. The summed E-state index contributed by atoms with van der Waals surface area (Å²) in [5.74, 6) is -0.235. The van der Waals surface area contributed by atoms with Gasteiger partial charge in [-0.15, -0.1) is 0 Å². The molecular formula is C16H20FN3. The lowest BCUT2D eigenvalue weighted by Crippen LogP contribution is -2.23. The topological polar surface area (TPSA) is 42.1 Å². The quantitative estimate of drug-likeness (QED) is 0.880. The van der Waals surface area contributed by atoms with Crippen LogP contribution in [-0.2, 0) is 6.54 Å². The number of rotatable bonds is 6. The summed E-state index contributed by atoms with van der Waals surface area (Å²) in [6.07, 6.45) is 4.42.